The molecule has 0 rings (SSSR count). The van der Waals surface area contributed by atoms with E-state index in [2.05, 4.69) is 10.6 Å². The largest absolute Gasteiger partial charge is 0.481 e. The average molecular weight is 286 g/mol. The minimum atomic E-state index is -0.920. The van der Waals surface area contributed by atoms with Gasteiger partial charge < -0.3 is 15.7 Å². The molecular formula is C14H26N2O4. The van der Waals surface area contributed by atoms with Gasteiger partial charge in [-0.1, -0.05) is 27.7 Å². The van der Waals surface area contributed by atoms with Gasteiger partial charge in [-0.05, 0) is 11.3 Å². The van der Waals surface area contributed by atoms with Crippen molar-refractivity contribution in [3.8, 4) is 0 Å². The van der Waals surface area contributed by atoms with Crippen molar-refractivity contribution < 1.29 is 19.5 Å². The van der Waals surface area contributed by atoms with E-state index in [1.807, 2.05) is 13.8 Å². The summed E-state index contributed by atoms with van der Waals surface area (Å²) >= 11 is 0. The summed E-state index contributed by atoms with van der Waals surface area (Å²) in [6.45, 7) is 8.37. The molecule has 0 aliphatic heterocycles. The van der Waals surface area contributed by atoms with Gasteiger partial charge >= 0.3 is 5.97 Å². The zero-order chi connectivity index (χ0) is 15.8. The Morgan fingerprint density at radius 3 is 2.15 bits per heavy atom. The summed E-state index contributed by atoms with van der Waals surface area (Å²) in [5.41, 5.74) is -0.587. The first-order chi connectivity index (χ1) is 9.12. The van der Waals surface area contributed by atoms with Crippen LogP contribution in [0.25, 0.3) is 0 Å². The van der Waals surface area contributed by atoms with E-state index in [0.29, 0.717) is 12.5 Å². The van der Waals surface area contributed by atoms with Gasteiger partial charge in [-0.2, -0.15) is 0 Å². The molecule has 0 heterocycles. The number of carbonyl (C=O) groups excluding carboxylic acids is 2. The SMILES string of the molecule is CC(C)CNC(=O)CCNC(=O)CC(C)(C)CC(=O)O. The Morgan fingerprint density at radius 2 is 1.65 bits per heavy atom. The molecule has 0 fully saturated rings. The molecule has 116 valence electrons. The molecule has 6 heteroatoms. The molecule has 0 aromatic rings. The minimum Gasteiger partial charge on any atom is -0.481 e. The van der Waals surface area contributed by atoms with E-state index in [1.165, 1.54) is 0 Å². The maximum atomic E-state index is 11.7. The van der Waals surface area contributed by atoms with Gasteiger partial charge in [0, 0.05) is 25.9 Å². The van der Waals surface area contributed by atoms with Crippen LogP contribution in [0.1, 0.15) is 47.0 Å². The summed E-state index contributed by atoms with van der Waals surface area (Å²) in [6, 6.07) is 0. The first-order valence-corrected chi connectivity index (χ1v) is 6.87. The van der Waals surface area contributed by atoms with Crippen molar-refractivity contribution in [3.63, 3.8) is 0 Å². The summed E-state index contributed by atoms with van der Waals surface area (Å²) < 4.78 is 0. The Bertz CT molecular complexity index is 351. The molecular weight excluding hydrogens is 260 g/mol. The highest BCUT2D eigenvalue weighted by Gasteiger charge is 2.25. The summed E-state index contributed by atoms with van der Waals surface area (Å²) in [5, 5.41) is 14.1. The van der Waals surface area contributed by atoms with E-state index in [1.54, 1.807) is 13.8 Å². The maximum absolute atomic E-state index is 11.7. The number of aliphatic carboxylic acids is 1. The molecule has 2 amide bonds. The highest BCUT2D eigenvalue weighted by molar-refractivity contribution is 5.79. The molecule has 0 aromatic carbocycles. The highest BCUT2D eigenvalue weighted by Crippen LogP contribution is 2.24. The van der Waals surface area contributed by atoms with E-state index in [4.69, 9.17) is 5.11 Å². The Kier molecular flexibility index (Phi) is 7.87. The van der Waals surface area contributed by atoms with Gasteiger partial charge in [0.15, 0.2) is 0 Å². The van der Waals surface area contributed by atoms with Crippen molar-refractivity contribution in [2.45, 2.75) is 47.0 Å². The highest BCUT2D eigenvalue weighted by atomic mass is 16.4. The lowest BCUT2D eigenvalue weighted by atomic mass is 9.85. The fourth-order valence-electron chi connectivity index (χ4n) is 1.69. The normalized spacial score (nSPS) is 11.2. The lowest BCUT2D eigenvalue weighted by Crippen LogP contribution is -2.34. The lowest BCUT2D eigenvalue weighted by Gasteiger charge is -2.21. The zero-order valence-electron chi connectivity index (χ0n) is 12.8. The molecule has 0 saturated carbocycles. The van der Waals surface area contributed by atoms with Crippen molar-refractivity contribution in [2.24, 2.45) is 11.3 Å². The smallest absolute Gasteiger partial charge is 0.303 e. The van der Waals surface area contributed by atoms with E-state index < -0.39 is 11.4 Å². The van der Waals surface area contributed by atoms with Crippen LogP contribution in [0.5, 0.6) is 0 Å². The molecule has 0 aliphatic rings. The van der Waals surface area contributed by atoms with E-state index in [-0.39, 0.29) is 37.6 Å². The molecule has 20 heavy (non-hydrogen) atoms. The number of nitrogens with one attached hydrogen (secondary N) is 2. The summed E-state index contributed by atoms with van der Waals surface area (Å²) in [5.74, 6) is -0.849. The van der Waals surface area contributed by atoms with E-state index >= 15 is 0 Å². The fourth-order valence-corrected chi connectivity index (χ4v) is 1.69. The first kappa shape index (κ1) is 18.4. The van der Waals surface area contributed by atoms with Crippen molar-refractivity contribution in [2.75, 3.05) is 13.1 Å². The molecule has 0 saturated heterocycles. The number of hydrogen-bond acceptors (Lipinski definition) is 3. The number of carbonyl (C=O) groups is 3. The van der Waals surface area contributed by atoms with Crippen molar-refractivity contribution in [1.29, 1.82) is 0 Å². The number of carboxylic acids is 1. The molecule has 0 atom stereocenters. The predicted octanol–water partition coefficient (Wildman–Crippen LogP) is 1.16. The van der Waals surface area contributed by atoms with Gasteiger partial charge in [0.1, 0.15) is 0 Å². The van der Waals surface area contributed by atoms with Crippen molar-refractivity contribution in [3.05, 3.63) is 0 Å². The second-order valence-corrected chi connectivity index (χ2v) is 6.21. The standard InChI is InChI=1S/C14H26N2O4/c1-10(2)9-16-11(17)5-6-15-12(18)7-14(3,4)8-13(19)20/h10H,5-9H2,1-4H3,(H,15,18)(H,16,17)(H,19,20). The van der Waals surface area contributed by atoms with Crippen LogP contribution < -0.4 is 10.6 Å². The molecule has 0 bridgehead atoms. The van der Waals surface area contributed by atoms with Crippen LogP contribution in [0.2, 0.25) is 0 Å². The van der Waals surface area contributed by atoms with E-state index in [9.17, 15) is 14.4 Å². The Hall–Kier alpha value is -1.59. The van der Waals surface area contributed by atoms with Gasteiger partial charge in [0.25, 0.3) is 0 Å². The second kappa shape index (κ2) is 8.55. The molecule has 6 nitrogen and oxygen atoms in total. The molecule has 0 spiro atoms. The van der Waals surface area contributed by atoms with Gasteiger partial charge in [-0.25, -0.2) is 0 Å². The Morgan fingerprint density at radius 1 is 1.05 bits per heavy atom. The number of carboxylic acid groups (broad SMARTS) is 1. The van der Waals surface area contributed by atoms with Gasteiger partial charge in [-0.15, -0.1) is 0 Å². The molecule has 3 N–H and O–H groups in total. The van der Waals surface area contributed by atoms with Gasteiger partial charge in [-0.3, -0.25) is 14.4 Å². The number of rotatable bonds is 9. The molecule has 0 unspecified atom stereocenters. The third kappa shape index (κ3) is 10.3. The second-order valence-electron chi connectivity index (χ2n) is 6.21. The van der Waals surface area contributed by atoms with Crippen LogP contribution in [-0.2, 0) is 14.4 Å². The monoisotopic (exact) mass is 286 g/mol. The fraction of sp³-hybridized carbons (Fsp3) is 0.786. The van der Waals surface area contributed by atoms with Crippen LogP contribution >= 0.6 is 0 Å². The summed E-state index contributed by atoms with van der Waals surface area (Å²) in [4.78, 5) is 33.7. The van der Waals surface area contributed by atoms with Crippen molar-refractivity contribution in [1.82, 2.24) is 10.6 Å². The van der Waals surface area contributed by atoms with Crippen LogP contribution in [0, 0.1) is 11.3 Å². The minimum absolute atomic E-state index is 0.0602. The summed E-state index contributed by atoms with van der Waals surface area (Å²) in [6.07, 6.45) is 0.306. The average Bonchev–Trinajstić information content (AvgIpc) is 2.23. The lowest BCUT2D eigenvalue weighted by molar-refractivity contribution is -0.139. The van der Waals surface area contributed by atoms with Crippen LogP contribution in [0.3, 0.4) is 0 Å². The molecule has 0 aromatic heterocycles. The van der Waals surface area contributed by atoms with Gasteiger partial charge in [0.05, 0.1) is 6.42 Å². The van der Waals surface area contributed by atoms with Crippen LogP contribution in [0.4, 0.5) is 0 Å². The molecule has 0 aliphatic carbocycles. The third-order valence-electron chi connectivity index (χ3n) is 2.65. The summed E-state index contributed by atoms with van der Waals surface area (Å²) in [7, 11) is 0. The Balaban J connectivity index is 3.88. The van der Waals surface area contributed by atoms with E-state index in [0.717, 1.165) is 0 Å². The van der Waals surface area contributed by atoms with Crippen molar-refractivity contribution >= 4 is 17.8 Å². The third-order valence-corrected chi connectivity index (χ3v) is 2.65. The molecule has 0 radical (unpaired) electrons. The zero-order valence-corrected chi connectivity index (χ0v) is 12.8. The first-order valence-electron chi connectivity index (χ1n) is 6.87. The van der Waals surface area contributed by atoms with Gasteiger partial charge in [0.2, 0.25) is 11.8 Å². The Labute approximate surface area is 120 Å². The number of amides is 2. The topological polar surface area (TPSA) is 95.5 Å². The predicted molar refractivity (Wildman–Crippen MR) is 76.1 cm³/mol. The quantitative estimate of drug-likeness (QED) is 0.592. The van der Waals surface area contributed by atoms with Crippen LogP contribution in [0.15, 0.2) is 0 Å². The maximum Gasteiger partial charge on any atom is 0.303 e. The van der Waals surface area contributed by atoms with Crippen LogP contribution in [-0.4, -0.2) is 36.0 Å². The number of hydrogen-bond donors (Lipinski definition) is 3.